The van der Waals surface area contributed by atoms with Gasteiger partial charge in [0.25, 0.3) is 0 Å². The van der Waals surface area contributed by atoms with Crippen molar-refractivity contribution in [3.63, 3.8) is 0 Å². The van der Waals surface area contributed by atoms with Gasteiger partial charge in [0.2, 0.25) is 0 Å². The number of hydrogen-bond donors (Lipinski definition) is 4. The monoisotopic (exact) mass is 208 g/mol. The lowest BCUT2D eigenvalue weighted by atomic mass is 10.3. The highest BCUT2D eigenvalue weighted by Gasteiger charge is 1.94. The van der Waals surface area contributed by atoms with E-state index in [-0.39, 0.29) is 11.9 Å². The van der Waals surface area contributed by atoms with E-state index < -0.39 is 0 Å². The maximum Gasteiger partial charge on any atom is 0.195 e. The Labute approximate surface area is 88.5 Å². The fraction of sp³-hybridized carbons (Fsp3) is 0.333. The first-order valence-corrected chi connectivity index (χ1v) is 4.64. The van der Waals surface area contributed by atoms with E-state index in [0.29, 0.717) is 6.54 Å². The Morgan fingerprint density at radius 2 is 2.27 bits per heavy atom. The van der Waals surface area contributed by atoms with Crippen molar-refractivity contribution in [2.24, 2.45) is 21.5 Å². The van der Waals surface area contributed by atoms with Crippen molar-refractivity contribution >= 4 is 11.9 Å². The first-order chi connectivity index (χ1) is 7.22. The molecular formula is C9H16N6. The van der Waals surface area contributed by atoms with Gasteiger partial charge in [-0.05, 0) is 12.1 Å². The number of aromatic amines is 1. The molecule has 0 saturated heterocycles. The Morgan fingerprint density at radius 1 is 1.47 bits per heavy atom. The third-order valence-corrected chi connectivity index (χ3v) is 1.82. The van der Waals surface area contributed by atoms with Crippen LogP contribution in [-0.2, 0) is 6.42 Å². The van der Waals surface area contributed by atoms with E-state index >= 15 is 0 Å². The van der Waals surface area contributed by atoms with Gasteiger partial charge in [0.15, 0.2) is 11.9 Å². The van der Waals surface area contributed by atoms with Gasteiger partial charge in [0, 0.05) is 31.9 Å². The number of guanidine groups is 2. The van der Waals surface area contributed by atoms with Crippen molar-refractivity contribution in [2.45, 2.75) is 6.42 Å². The summed E-state index contributed by atoms with van der Waals surface area (Å²) in [7, 11) is 1.58. The standard InChI is InChI=1S/C9H16N6/c1-12-8(10)15-9(11)14-6-4-7-3-2-5-13-7/h2-3,5,13H,4,6H2,1H3,(H5,10,11,12,14,15). The predicted octanol–water partition coefficient (Wildman–Crippen LogP) is -0.594. The van der Waals surface area contributed by atoms with Crippen LogP contribution in [0.5, 0.6) is 0 Å². The molecule has 0 fully saturated rings. The Bertz CT molecular complexity index is 337. The largest absolute Gasteiger partial charge is 0.370 e. The van der Waals surface area contributed by atoms with Crippen LogP contribution in [0, 0.1) is 0 Å². The van der Waals surface area contributed by atoms with Crippen molar-refractivity contribution in [1.29, 1.82) is 0 Å². The molecule has 0 bridgehead atoms. The van der Waals surface area contributed by atoms with Crippen LogP contribution in [0.25, 0.3) is 0 Å². The Balaban J connectivity index is 2.31. The van der Waals surface area contributed by atoms with Crippen LogP contribution in [-0.4, -0.2) is 30.5 Å². The van der Waals surface area contributed by atoms with Crippen LogP contribution >= 0.6 is 0 Å². The maximum atomic E-state index is 5.56. The van der Waals surface area contributed by atoms with E-state index in [4.69, 9.17) is 11.5 Å². The lowest BCUT2D eigenvalue weighted by Crippen LogP contribution is -2.41. The minimum atomic E-state index is 0.260. The van der Waals surface area contributed by atoms with Crippen molar-refractivity contribution in [1.82, 2.24) is 10.3 Å². The van der Waals surface area contributed by atoms with Crippen LogP contribution in [0.1, 0.15) is 5.69 Å². The number of aromatic nitrogens is 1. The zero-order valence-electron chi connectivity index (χ0n) is 8.70. The molecule has 0 atom stereocenters. The van der Waals surface area contributed by atoms with Gasteiger partial charge in [-0.15, -0.1) is 0 Å². The number of nitrogens with zero attached hydrogens (tertiary/aromatic N) is 2. The number of nitrogens with one attached hydrogen (secondary N) is 2. The zero-order chi connectivity index (χ0) is 11.1. The molecule has 1 heterocycles. The van der Waals surface area contributed by atoms with Crippen molar-refractivity contribution in [2.75, 3.05) is 13.6 Å². The molecule has 0 aliphatic carbocycles. The van der Waals surface area contributed by atoms with Crippen LogP contribution in [0.3, 0.4) is 0 Å². The fourth-order valence-electron chi connectivity index (χ4n) is 1.05. The second-order valence-corrected chi connectivity index (χ2v) is 2.95. The van der Waals surface area contributed by atoms with Crippen molar-refractivity contribution in [3.8, 4) is 0 Å². The normalized spacial score (nSPS) is 12.9. The second kappa shape index (κ2) is 5.69. The van der Waals surface area contributed by atoms with Crippen molar-refractivity contribution in [3.05, 3.63) is 24.0 Å². The summed E-state index contributed by atoms with van der Waals surface area (Å²) in [5.74, 6) is 0.542. The summed E-state index contributed by atoms with van der Waals surface area (Å²) in [4.78, 5) is 10.9. The van der Waals surface area contributed by atoms with Gasteiger partial charge >= 0.3 is 0 Å². The van der Waals surface area contributed by atoms with Gasteiger partial charge in [-0.1, -0.05) is 0 Å². The third-order valence-electron chi connectivity index (χ3n) is 1.82. The van der Waals surface area contributed by atoms with Gasteiger partial charge in [-0.2, -0.15) is 0 Å². The summed E-state index contributed by atoms with van der Waals surface area (Å²) in [6, 6.07) is 3.95. The summed E-state index contributed by atoms with van der Waals surface area (Å²) >= 11 is 0. The number of aliphatic imine (C=N–C) groups is 2. The molecular weight excluding hydrogens is 192 g/mol. The van der Waals surface area contributed by atoms with Gasteiger partial charge in [-0.3, -0.25) is 15.3 Å². The summed E-state index contributed by atoms with van der Waals surface area (Å²) in [5.41, 5.74) is 12.1. The quantitative estimate of drug-likeness (QED) is 0.394. The molecule has 6 heteroatoms. The fourth-order valence-corrected chi connectivity index (χ4v) is 1.05. The van der Waals surface area contributed by atoms with E-state index in [1.807, 2.05) is 18.3 Å². The Hall–Kier alpha value is -1.98. The average Bonchev–Trinajstić information content (AvgIpc) is 2.70. The maximum absolute atomic E-state index is 5.56. The first kappa shape index (κ1) is 11.1. The molecule has 15 heavy (non-hydrogen) atoms. The molecule has 0 spiro atoms. The molecule has 0 saturated carbocycles. The number of rotatable bonds is 3. The third kappa shape index (κ3) is 4.17. The Morgan fingerprint density at radius 3 is 2.87 bits per heavy atom. The smallest absolute Gasteiger partial charge is 0.195 e. The van der Waals surface area contributed by atoms with Gasteiger partial charge in [0.1, 0.15) is 0 Å². The van der Waals surface area contributed by atoms with Gasteiger partial charge in [-0.25, -0.2) is 0 Å². The molecule has 0 aliphatic rings. The van der Waals surface area contributed by atoms with E-state index in [2.05, 4.69) is 20.3 Å². The van der Waals surface area contributed by atoms with Crippen LogP contribution < -0.4 is 16.8 Å². The zero-order valence-corrected chi connectivity index (χ0v) is 8.70. The summed E-state index contributed by atoms with van der Waals surface area (Å²) in [5, 5.41) is 2.65. The SMILES string of the molecule is CN=C(N)NC(N)=NCCc1ccc[nH]1. The molecule has 0 amide bonds. The topological polar surface area (TPSA) is 105 Å². The first-order valence-electron chi connectivity index (χ1n) is 4.64. The summed E-state index contributed by atoms with van der Waals surface area (Å²) in [6.45, 7) is 0.607. The predicted molar refractivity (Wildman–Crippen MR) is 61.7 cm³/mol. The lowest BCUT2D eigenvalue weighted by Gasteiger charge is -2.02. The molecule has 1 rings (SSSR count). The van der Waals surface area contributed by atoms with E-state index in [1.165, 1.54) is 0 Å². The van der Waals surface area contributed by atoms with E-state index in [1.54, 1.807) is 7.05 Å². The highest BCUT2D eigenvalue weighted by molar-refractivity contribution is 5.96. The Kier molecular flexibility index (Phi) is 4.21. The minimum absolute atomic E-state index is 0.260. The van der Waals surface area contributed by atoms with Crippen LogP contribution in [0.2, 0.25) is 0 Å². The molecule has 0 aromatic carbocycles. The molecule has 0 unspecified atom stereocenters. The number of nitrogens with two attached hydrogens (primary N) is 2. The van der Waals surface area contributed by atoms with Gasteiger partial charge in [0.05, 0.1) is 0 Å². The highest BCUT2D eigenvalue weighted by Crippen LogP contribution is 1.94. The number of hydrogen-bond acceptors (Lipinski definition) is 2. The molecule has 6 N–H and O–H groups in total. The summed E-state index contributed by atoms with van der Waals surface area (Å²) in [6.07, 6.45) is 2.70. The highest BCUT2D eigenvalue weighted by atomic mass is 15.2. The molecule has 0 aliphatic heterocycles. The molecule has 82 valence electrons. The lowest BCUT2D eigenvalue weighted by molar-refractivity contribution is 0.925. The van der Waals surface area contributed by atoms with Crippen LogP contribution in [0.15, 0.2) is 28.3 Å². The molecule has 1 aromatic heterocycles. The molecule has 0 radical (unpaired) electrons. The second-order valence-electron chi connectivity index (χ2n) is 2.95. The van der Waals surface area contributed by atoms with E-state index in [0.717, 1.165) is 12.1 Å². The number of H-pyrrole nitrogens is 1. The molecule has 1 aromatic rings. The van der Waals surface area contributed by atoms with Gasteiger partial charge < -0.3 is 16.5 Å². The van der Waals surface area contributed by atoms with Crippen LogP contribution in [0.4, 0.5) is 0 Å². The minimum Gasteiger partial charge on any atom is -0.370 e. The van der Waals surface area contributed by atoms with E-state index in [9.17, 15) is 0 Å². The molecule has 6 nitrogen and oxygen atoms in total. The summed E-state index contributed by atoms with van der Waals surface area (Å²) < 4.78 is 0. The average molecular weight is 208 g/mol. The van der Waals surface area contributed by atoms with Crippen molar-refractivity contribution < 1.29 is 0 Å².